The van der Waals surface area contributed by atoms with Gasteiger partial charge in [-0.3, -0.25) is 4.68 Å². The topological polar surface area (TPSA) is 73.2 Å². The molecule has 3 saturated heterocycles. The fourth-order valence-corrected chi connectivity index (χ4v) is 5.10. The van der Waals surface area contributed by atoms with Crippen molar-refractivity contribution in [2.45, 2.75) is 31.8 Å². The standard InChI is InChI=1S/C24H28N4O2.Li/c29-24(30)19-7-4-8-22-23(19)20(26-28(22)15-17-5-2-1-3-6-17)9-12-25-21-16-27-13-10-18(21)11-14-27;/h1-8,18,21,25H,9-16H2,(H,29,30);/q;+1/p-1/t21-;/m0./s1. The monoisotopic (exact) mass is 410 g/mol. The minimum absolute atomic E-state index is 0. The summed E-state index contributed by atoms with van der Waals surface area (Å²) in [7, 11) is 0. The van der Waals surface area contributed by atoms with Gasteiger partial charge in [-0.2, -0.15) is 5.10 Å². The van der Waals surface area contributed by atoms with E-state index < -0.39 is 5.97 Å². The molecule has 2 aromatic carbocycles. The second-order valence-corrected chi connectivity index (χ2v) is 8.53. The Balaban J connectivity index is 0.00000231. The molecule has 2 bridgehead atoms. The van der Waals surface area contributed by atoms with E-state index in [-0.39, 0.29) is 24.4 Å². The van der Waals surface area contributed by atoms with Crippen molar-refractivity contribution in [2.75, 3.05) is 26.2 Å². The molecule has 0 spiro atoms. The summed E-state index contributed by atoms with van der Waals surface area (Å²) in [5.74, 6) is -0.382. The molecular formula is C24H27LiN4O2. The predicted molar refractivity (Wildman–Crippen MR) is 114 cm³/mol. The van der Waals surface area contributed by atoms with E-state index in [9.17, 15) is 9.90 Å². The smallest absolute Gasteiger partial charge is 0.545 e. The molecule has 4 heterocycles. The summed E-state index contributed by atoms with van der Waals surface area (Å²) in [6.45, 7) is 4.99. The van der Waals surface area contributed by atoms with Crippen molar-refractivity contribution in [3.63, 3.8) is 0 Å². The van der Waals surface area contributed by atoms with Crippen LogP contribution in [-0.4, -0.2) is 52.9 Å². The van der Waals surface area contributed by atoms with E-state index >= 15 is 0 Å². The van der Waals surface area contributed by atoms with Crippen molar-refractivity contribution in [3.8, 4) is 0 Å². The molecule has 0 amide bonds. The van der Waals surface area contributed by atoms with Crippen LogP contribution in [-0.2, 0) is 13.0 Å². The number of aromatic nitrogens is 2. The van der Waals surface area contributed by atoms with Gasteiger partial charge in [-0.05, 0) is 43.5 Å². The van der Waals surface area contributed by atoms with Crippen LogP contribution in [0.1, 0.15) is 34.5 Å². The van der Waals surface area contributed by atoms with Crippen molar-refractivity contribution < 1.29 is 28.8 Å². The van der Waals surface area contributed by atoms with Crippen LogP contribution < -0.4 is 29.3 Å². The number of carboxylic acids is 1. The van der Waals surface area contributed by atoms with Gasteiger partial charge < -0.3 is 20.1 Å². The van der Waals surface area contributed by atoms with E-state index in [1.165, 1.54) is 25.9 Å². The third-order valence-corrected chi connectivity index (χ3v) is 6.67. The molecule has 1 atom stereocenters. The fraction of sp³-hybridized carbons (Fsp3) is 0.417. The average Bonchev–Trinajstić information content (AvgIpc) is 3.13. The van der Waals surface area contributed by atoms with Crippen molar-refractivity contribution in [3.05, 3.63) is 65.4 Å². The first kappa shape index (κ1) is 22.1. The predicted octanol–water partition coefficient (Wildman–Crippen LogP) is -1.32. The zero-order valence-electron chi connectivity index (χ0n) is 18.1. The molecule has 0 unspecified atom stereocenters. The Morgan fingerprint density at radius 3 is 2.55 bits per heavy atom. The van der Waals surface area contributed by atoms with Crippen LogP contribution in [0.15, 0.2) is 48.5 Å². The number of fused-ring (bicyclic) bond motifs is 4. The van der Waals surface area contributed by atoms with Gasteiger partial charge in [-0.1, -0.05) is 42.5 Å². The maximum absolute atomic E-state index is 11.8. The van der Waals surface area contributed by atoms with Crippen LogP contribution >= 0.6 is 0 Å². The second kappa shape index (κ2) is 9.58. The van der Waals surface area contributed by atoms with Crippen molar-refractivity contribution >= 4 is 16.9 Å². The Kier molecular flexibility index (Phi) is 6.83. The number of aromatic carboxylic acids is 1. The summed E-state index contributed by atoms with van der Waals surface area (Å²) in [6, 6.07) is 16.0. The fourth-order valence-electron chi connectivity index (χ4n) is 5.10. The molecular weight excluding hydrogens is 383 g/mol. The maximum atomic E-state index is 11.8. The minimum Gasteiger partial charge on any atom is -0.545 e. The summed E-state index contributed by atoms with van der Waals surface area (Å²) in [5.41, 5.74) is 3.04. The van der Waals surface area contributed by atoms with E-state index in [0.717, 1.165) is 35.8 Å². The molecule has 31 heavy (non-hydrogen) atoms. The molecule has 1 aromatic heterocycles. The molecule has 3 aromatic rings. The molecule has 156 valence electrons. The molecule has 0 saturated carbocycles. The second-order valence-electron chi connectivity index (χ2n) is 8.53. The van der Waals surface area contributed by atoms with Gasteiger partial charge in [-0.25, -0.2) is 0 Å². The summed E-state index contributed by atoms with van der Waals surface area (Å²) >= 11 is 0. The minimum atomic E-state index is -1.15. The third-order valence-electron chi connectivity index (χ3n) is 6.67. The largest absolute Gasteiger partial charge is 1.00 e. The van der Waals surface area contributed by atoms with Crippen molar-refractivity contribution in [1.29, 1.82) is 0 Å². The Bertz CT molecular complexity index is 1040. The molecule has 6 rings (SSSR count). The zero-order chi connectivity index (χ0) is 20.5. The van der Waals surface area contributed by atoms with Crippen LogP contribution in [0.2, 0.25) is 0 Å². The summed E-state index contributed by atoms with van der Waals surface area (Å²) in [5, 5.41) is 21.0. The van der Waals surface area contributed by atoms with Crippen LogP contribution in [0.5, 0.6) is 0 Å². The number of piperidine rings is 3. The molecule has 3 aliphatic heterocycles. The van der Waals surface area contributed by atoms with Gasteiger partial charge in [-0.15, -0.1) is 0 Å². The number of benzene rings is 2. The SMILES string of the molecule is O=C([O-])c1cccc2c1c(CCN[C@H]1CN3CCC1CC3)nn2Cc1ccccc1.[Li+]. The Morgan fingerprint density at radius 1 is 1.10 bits per heavy atom. The zero-order valence-corrected chi connectivity index (χ0v) is 18.1. The molecule has 0 aliphatic carbocycles. The number of carboxylic acid groups (broad SMARTS) is 1. The first-order valence-electron chi connectivity index (χ1n) is 10.9. The molecule has 3 aliphatic rings. The first-order chi connectivity index (χ1) is 14.7. The third kappa shape index (κ3) is 4.58. The Labute approximate surface area is 194 Å². The number of carbonyl (C=O) groups excluding carboxylic acids is 1. The van der Waals surface area contributed by atoms with E-state index in [4.69, 9.17) is 5.10 Å². The molecule has 6 nitrogen and oxygen atoms in total. The van der Waals surface area contributed by atoms with Crippen LogP contribution in [0, 0.1) is 5.92 Å². The number of nitrogens with one attached hydrogen (secondary N) is 1. The van der Waals surface area contributed by atoms with Crippen LogP contribution in [0.25, 0.3) is 10.9 Å². The summed E-state index contributed by atoms with van der Waals surface area (Å²) in [6.07, 6.45) is 3.26. The van der Waals surface area contributed by atoms with Gasteiger partial charge >= 0.3 is 18.9 Å². The number of nitrogens with zero attached hydrogens (tertiary/aromatic N) is 3. The van der Waals surface area contributed by atoms with Gasteiger partial charge in [0.2, 0.25) is 0 Å². The number of rotatable bonds is 7. The van der Waals surface area contributed by atoms with Gasteiger partial charge in [0.05, 0.1) is 23.7 Å². The van der Waals surface area contributed by atoms with E-state index in [1.807, 2.05) is 28.9 Å². The number of hydrogen-bond donors (Lipinski definition) is 1. The summed E-state index contributed by atoms with van der Waals surface area (Å²) < 4.78 is 1.92. The van der Waals surface area contributed by atoms with Gasteiger partial charge in [0.1, 0.15) is 0 Å². The maximum Gasteiger partial charge on any atom is 1.00 e. The number of carbonyl (C=O) groups is 1. The van der Waals surface area contributed by atoms with Crippen molar-refractivity contribution in [2.24, 2.45) is 5.92 Å². The normalized spacial score (nSPS) is 22.4. The van der Waals surface area contributed by atoms with Gasteiger partial charge in [0.15, 0.2) is 0 Å². The van der Waals surface area contributed by atoms with E-state index in [0.29, 0.717) is 24.4 Å². The molecule has 7 heteroatoms. The summed E-state index contributed by atoms with van der Waals surface area (Å²) in [4.78, 5) is 14.3. The molecule has 3 fully saturated rings. The average molecular weight is 410 g/mol. The van der Waals surface area contributed by atoms with Crippen LogP contribution in [0.4, 0.5) is 0 Å². The van der Waals surface area contributed by atoms with E-state index in [2.05, 4.69) is 22.3 Å². The van der Waals surface area contributed by atoms with Gasteiger partial charge in [0, 0.05) is 36.5 Å². The van der Waals surface area contributed by atoms with E-state index in [1.54, 1.807) is 12.1 Å². The Hall–Kier alpha value is -2.10. The van der Waals surface area contributed by atoms with Crippen molar-refractivity contribution in [1.82, 2.24) is 20.0 Å². The number of hydrogen-bond acceptors (Lipinski definition) is 5. The molecule has 1 N–H and O–H groups in total. The Morgan fingerprint density at radius 2 is 1.87 bits per heavy atom. The van der Waals surface area contributed by atoms with Crippen LogP contribution in [0.3, 0.4) is 0 Å². The van der Waals surface area contributed by atoms with Gasteiger partial charge in [0.25, 0.3) is 0 Å². The first-order valence-corrected chi connectivity index (χ1v) is 10.9. The molecule has 0 radical (unpaired) electrons. The quantitative estimate of drug-likeness (QED) is 0.489.